The first kappa shape index (κ1) is 47.7. The van der Waals surface area contributed by atoms with E-state index in [9.17, 15) is 29.5 Å². The molecule has 1 rings (SSSR count). The molecule has 0 heterocycles. The highest BCUT2D eigenvalue weighted by molar-refractivity contribution is 7.46. The van der Waals surface area contributed by atoms with Crippen molar-refractivity contribution in [3.05, 3.63) is 12.2 Å². The van der Waals surface area contributed by atoms with Gasteiger partial charge in [-0.25, -0.2) is 4.57 Å². The zero-order chi connectivity index (χ0) is 37.9. The molecule has 1 fully saturated rings. The number of unbranched alkanes of at least 4 members (excludes halogenated alkanes) is 14. The number of aliphatic hydroxyl groups is 3. The van der Waals surface area contributed by atoms with Gasteiger partial charge in [0.15, 0.2) is 6.10 Å². The lowest BCUT2D eigenvalue weighted by atomic mass is 9.88. The molecule has 0 spiro atoms. The van der Waals surface area contributed by atoms with Gasteiger partial charge >= 0.3 is 19.8 Å². The summed E-state index contributed by atoms with van der Waals surface area (Å²) < 4.78 is 26.4. The summed E-state index contributed by atoms with van der Waals surface area (Å²) in [5.74, 6) is -0.530. The molecule has 0 aromatic carbocycles. The third-order valence-electron chi connectivity index (χ3n) is 9.81. The summed E-state index contributed by atoms with van der Waals surface area (Å²) in [5.41, 5.74) is 0. The Hall–Kier alpha value is -1.33. The smallest absolute Gasteiger partial charge is 0.462 e. The molecule has 0 aromatic rings. The predicted octanol–water partition coefficient (Wildman–Crippen LogP) is 8.08. The average Bonchev–Trinajstić information content (AvgIpc) is 3.33. The van der Waals surface area contributed by atoms with E-state index in [1.165, 1.54) is 44.9 Å². The molecule has 0 saturated heterocycles. The molecule has 0 aromatic heterocycles. The Balaban J connectivity index is 2.29. The highest BCUT2D eigenvalue weighted by Crippen LogP contribution is 2.38. The largest absolute Gasteiger partial charge is 0.469 e. The average molecular weight is 749 g/mol. The first-order chi connectivity index (χ1) is 24.3. The van der Waals surface area contributed by atoms with Crippen LogP contribution in [0.4, 0.5) is 0 Å². The van der Waals surface area contributed by atoms with Crippen LogP contribution in [0.5, 0.6) is 0 Å². The number of ether oxygens (including phenoxy) is 2. The second-order valence-corrected chi connectivity index (χ2v) is 16.3. The number of rotatable bonds is 32. The van der Waals surface area contributed by atoms with Crippen molar-refractivity contribution in [1.82, 2.24) is 0 Å². The molecule has 0 amide bonds. The van der Waals surface area contributed by atoms with E-state index in [1.54, 1.807) is 6.08 Å². The second kappa shape index (κ2) is 29.1. The summed E-state index contributed by atoms with van der Waals surface area (Å²) in [6, 6.07) is 0. The monoisotopic (exact) mass is 748 g/mol. The number of hydrogen-bond acceptors (Lipinski definition) is 9. The normalized spacial score (nSPS) is 20.6. The van der Waals surface area contributed by atoms with Crippen LogP contribution in [0.15, 0.2) is 12.2 Å². The Bertz CT molecular complexity index is 969. The van der Waals surface area contributed by atoms with E-state index in [2.05, 4.69) is 25.3 Å². The summed E-state index contributed by atoms with van der Waals surface area (Å²) in [7, 11) is -4.81. The van der Waals surface area contributed by atoms with Crippen molar-refractivity contribution in [3.63, 3.8) is 0 Å². The number of carbonyl (C=O) groups excluding carboxylic acids is 2. The Morgan fingerprint density at radius 3 is 1.88 bits per heavy atom. The summed E-state index contributed by atoms with van der Waals surface area (Å²) in [6.45, 7) is 5.71. The molecule has 0 bridgehead atoms. The molecular formula is C39H73O11P. The van der Waals surface area contributed by atoms with E-state index >= 15 is 0 Å². The lowest BCUT2D eigenvalue weighted by molar-refractivity contribution is -0.161. The Morgan fingerprint density at radius 1 is 0.745 bits per heavy atom. The number of phosphoric ester groups is 1. The fraction of sp³-hybridized carbons (Fsp3) is 0.897. The maximum Gasteiger partial charge on any atom is 0.469 e. The van der Waals surface area contributed by atoms with Crippen LogP contribution in [0.2, 0.25) is 0 Å². The van der Waals surface area contributed by atoms with E-state index in [-0.39, 0.29) is 31.3 Å². The maximum atomic E-state index is 12.5. The summed E-state index contributed by atoms with van der Waals surface area (Å²) in [4.78, 5) is 43.0. The van der Waals surface area contributed by atoms with Gasteiger partial charge in [0.1, 0.15) is 6.61 Å². The van der Waals surface area contributed by atoms with Gasteiger partial charge in [-0.3, -0.25) is 14.1 Å². The van der Waals surface area contributed by atoms with Crippen molar-refractivity contribution in [3.8, 4) is 0 Å². The summed E-state index contributed by atoms with van der Waals surface area (Å²) in [6.07, 6.45) is 21.5. The van der Waals surface area contributed by atoms with Crippen LogP contribution in [-0.4, -0.2) is 74.7 Å². The van der Waals surface area contributed by atoms with Gasteiger partial charge in [0.2, 0.25) is 0 Å². The molecule has 300 valence electrons. The lowest BCUT2D eigenvalue weighted by Gasteiger charge is -2.21. The minimum atomic E-state index is -4.81. The number of aliphatic hydroxyl groups excluding tert-OH is 3. The van der Waals surface area contributed by atoms with Gasteiger partial charge in [0.05, 0.1) is 24.9 Å². The molecule has 1 aliphatic carbocycles. The molecule has 51 heavy (non-hydrogen) atoms. The predicted molar refractivity (Wildman–Crippen MR) is 200 cm³/mol. The quantitative estimate of drug-likeness (QED) is 0.0194. The number of phosphoric acid groups is 1. The number of carbonyl (C=O) groups is 2. The molecule has 1 aliphatic rings. The first-order valence-electron chi connectivity index (χ1n) is 20.1. The molecule has 0 aliphatic heterocycles. The highest BCUT2D eigenvalue weighted by atomic mass is 31.2. The van der Waals surface area contributed by atoms with E-state index in [4.69, 9.17) is 19.3 Å². The van der Waals surface area contributed by atoms with Gasteiger partial charge in [-0.2, -0.15) is 0 Å². The summed E-state index contributed by atoms with van der Waals surface area (Å²) >= 11 is 0. The van der Waals surface area contributed by atoms with Crippen LogP contribution in [0.25, 0.3) is 0 Å². The van der Waals surface area contributed by atoms with Crippen LogP contribution in [0.3, 0.4) is 0 Å². The van der Waals surface area contributed by atoms with Crippen molar-refractivity contribution in [2.75, 3.05) is 13.2 Å². The molecule has 0 radical (unpaired) electrons. The molecule has 1 saturated carbocycles. The minimum absolute atomic E-state index is 0.0878. The molecule has 5 N–H and O–H groups in total. The highest BCUT2D eigenvalue weighted by Gasteiger charge is 2.39. The summed E-state index contributed by atoms with van der Waals surface area (Å²) in [5, 5.41) is 31.2. The molecule has 6 atom stereocenters. The van der Waals surface area contributed by atoms with Gasteiger partial charge in [-0.05, 0) is 37.5 Å². The van der Waals surface area contributed by atoms with Gasteiger partial charge < -0.3 is 34.6 Å². The van der Waals surface area contributed by atoms with Gasteiger partial charge in [-0.15, -0.1) is 0 Å². The van der Waals surface area contributed by atoms with Crippen LogP contribution >= 0.6 is 7.82 Å². The standard InChI is InChI=1S/C39H73O11P/c1-4-5-16-22-32(40)26-27-35-34(36(41)28-37(35)42)23-18-14-15-20-25-39(44)50-33(30-49-51(45,46)47)29-48-38(43)24-19-13-11-9-7-6-8-10-12-17-21-31(2)3/h26-27,31-37,40-42H,4-25,28-30H2,1-3H3,(H2,45,46,47)/b27-26+/t32-,33+,34+,35+,36-,37+/m0/s1. The van der Waals surface area contributed by atoms with Crippen molar-refractivity contribution in [1.29, 1.82) is 0 Å². The van der Waals surface area contributed by atoms with E-state index in [0.717, 1.165) is 70.1 Å². The van der Waals surface area contributed by atoms with Gasteiger partial charge in [-0.1, -0.05) is 136 Å². The third-order valence-corrected chi connectivity index (χ3v) is 10.3. The minimum Gasteiger partial charge on any atom is -0.462 e. The van der Waals surface area contributed by atoms with Crippen LogP contribution < -0.4 is 0 Å². The maximum absolute atomic E-state index is 12.5. The molecule has 0 unspecified atom stereocenters. The zero-order valence-corrected chi connectivity index (χ0v) is 32.9. The van der Waals surface area contributed by atoms with Gasteiger partial charge in [0.25, 0.3) is 0 Å². The molecule has 11 nitrogen and oxygen atoms in total. The molecule has 12 heteroatoms. The number of hydrogen-bond donors (Lipinski definition) is 5. The SMILES string of the molecule is CCCCC[C@H](O)/C=C/[C@@H]1[C@@H](CCCCCCC(=O)O[C@H](COC(=O)CCCCCCCCCCCCC(C)C)COP(=O)(O)O)[C@@H](O)C[C@H]1O. The second-order valence-electron chi connectivity index (χ2n) is 15.1. The zero-order valence-electron chi connectivity index (χ0n) is 32.0. The van der Waals surface area contributed by atoms with E-state index in [1.807, 2.05) is 6.08 Å². The fourth-order valence-corrected chi connectivity index (χ4v) is 7.13. The van der Waals surface area contributed by atoms with Crippen LogP contribution in [0, 0.1) is 17.8 Å². The van der Waals surface area contributed by atoms with Crippen molar-refractivity contribution in [2.24, 2.45) is 17.8 Å². The van der Waals surface area contributed by atoms with Crippen molar-refractivity contribution >= 4 is 19.8 Å². The third kappa shape index (κ3) is 26.1. The first-order valence-corrected chi connectivity index (χ1v) is 21.6. The van der Waals surface area contributed by atoms with E-state index < -0.39 is 50.8 Å². The fourth-order valence-electron chi connectivity index (χ4n) is 6.77. The van der Waals surface area contributed by atoms with Crippen LogP contribution in [-0.2, 0) is 28.2 Å². The van der Waals surface area contributed by atoms with E-state index in [0.29, 0.717) is 25.7 Å². The van der Waals surface area contributed by atoms with Crippen molar-refractivity contribution in [2.45, 2.75) is 193 Å². The topological polar surface area (TPSA) is 180 Å². The Kier molecular flexibility index (Phi) is 27.2. The Morgan fingerprint density at radius 2 is 1.29 bits per heavy atom. The molecular weight excluding hydrogens is 675 g/mol. The Labute approximate surface area is 308 Å². The number of esters is 2. The van der Waals surface area contributed by atoms with Gasteiger partial charge in [0, 0.05) is 25.2 Å². The lowest BCUT2D eigenvalue weighted by Crippen LogP contribution is -2.29. The van der Waals surface area contributed by atoms with Crippen molar-refractivity contribution < 1.29 is 53.3 Å². The van der Waals surface area contributed by atoms with Crippen LogP contribution in [0.1, 0.15) is 168 Å².